The van der Waals surface area contributed by atoms with Crippen molar-refractivity contribution in [1.82, 2.24) is 9.97 Å². The Morgan fingerprint density at radius 1 is 0.562 bits per heavy atom. The van der Waals surface area contributed by atoms with Crippen LogP contribution in [0.25, 0.3) is 11.4 Å². The van der Waals surface area contributed by atoms with Crippen LogP contribution in [0.5, 0.6) is 0 Å². The Labute approximate surface area is 187 Å². The number of nitrogens with zero attached hydrogens (tertiary/aromatic N) is 1. The van der Waals surface area contributed by atoms with E-state index < -0.39 is 7.26 Å². The third kappa shape index (κ3) is 3.47. The van der Waals surface area contributed by atoms with Gasteiger partial charge in [0.05, 0.1) is 6.20 Å². The van der Waals surface area contributed by atoms with Gasteiger partial charge in [0.1, 0.15) is 21.7 Å². The molecule has 1 heterocycles. The molecule has 5 aromatic rings. The number of hydrogen-bond donors (Lipinski definition) is 1. The van der Waals surface area contributed by atoms with Crippen molar-refractivity contribution in [3.63, 3.8) is 0 Å². The van der Waals surface area contributed by atoms with Gasteiger partial charge in [0.15, 0.2) is 12.6 Å². The third-order valence-corrected chi connectivity index (χ3v) is 9.88. The average molecular weight is 433 g/mol. The minimum atomic E-state index is -2.46. The van der Waals surface area contributed by atoms with E-state index in [2.05, 4.69) is 41.4 Å². The molecular weight excluding hydrogens is 411 g/mol. The molecule has 0 fully saturated rings. The molecule has 0 spiro atoms. The van der Waals surface area contributed by atoms with E-state index in [1.54, 1.807) is 6.20 Å². The first-order chi connectivity index (χ1) is 15.8. The molecule has 0 saturated carbocycles. The zero-order valence-corrected chi connectivity index (χ0v) is 18.3. The molecule has 4 aromatic carbocycles. The lowest BCUT2D eigenvalue weighted by Gasteiger charge is -2.26. The number of aromatic nitrogens is 2. The third-order valence-electron chi connectivity index (χ3n) is 5.62. The van der Waals surface area contributed by atoms with Crippen LogP contribution in [0.3, 0.4) is 0 Å². The van der Waals surface area contributed by atoms with Gasteiger partial charge < -0.3 is 4.98 Å². The number of benzene rings is 4. The number of hydrogen-bond acceptors (Lipinski definition) is 2. The molecular formula is C28H22N2OP+. The quantitative estimate of drug-likeness (QED) is 0.425. The summed E-state index contributed by atoms with van der Waals surface area (Å²) in [5.41, 5.74) is 0.781. The summed E-state index contributed by atoms with van der Waals surface area (Å²) in [6.07, 6.45) is 1.78. The summed E-state index contributed by atoms with van der Waals surface area (Å²) in [5.74, 6) is 0.576. The van der Waals surface area contributed by atoms with Gasteiger partial charge in [0.25, 0.3) is 5.56 Å². The van der Waals surface area contributed by atoms with Crippen molar-refractivity contribution >= 4 is 28.5 Å². The Morgan fingerprint density at radius 3 is 1.38 bits per heavy atom. The SMILES string of the molecule is O=c1[nH]c(-c2ccccc2)ncc1[P+](c1ccccc1)(c1ccccc1)c1ccccc1. The van der Waals surface area contributed by atoms with Gasteiger partial charge in [-0.15, -0.1) is 0 Å². The summed E-state index contributed by atoms with van der Waals surface area (Å²) < 4.78 is 0. The van der Waals surface area contributed by atoms with Crippen LogP contribution < -0.4 is 26.8 Å². The molecule has 154 valence electrons. The molecule has 0 amide bonds. The van der Waals surface area contributed by atoms with E-state index in [1.807, 2.05) is 84.9 Å². The predicted molar refractivity (Wildman–Crippen MR) is 135 cm³/mol. The van der Waals surface area contributed by atoms with Gasteiger partial charge in [0.2, 0.25) is 0 Å². The summed E-state index contributed by atoms with van der Waals surface area (Å²) in [6, 6.07) is 40.7. The van der Waals surface area contributed by atoms with Gasteiger partial charge in [-0.1, -0.05) is 84.9 Å². The smallest absolute Gasteiger partial charge is 0.294 e. The molecule has 0 aliphatic rings. The maximum atomic E-state index is 13.7. The Bertz CT molecular complexity index is 1270. The fourth-order valence-electron chi connectivity index (χ4n) is 4.19. The second-order valence-electron chi connectivity index (χ2n) is 7.49. The van der Waals surface area contributed by atoms with E-state index >= 15 is 0 Å². The normalized spacial score (nSPS) is 11.2. The van der Waals surface area contributed by atoms with Crippen LogP contribution in [-0.2, 0) is 0 Å². The van der Waals surface area contributed by atoms with Crippen LogP contribution in [0.2, 0.25) is 0 Å². The fraction of sp³-hybridized carbons (Fsp3) is 0. The van der Waals surface area contributed by atoms with Gasteiger partial charge in [-0.2, -0.15) is 0 Å². The van der Waals surface area contributed by atoms with Crippen LogP contribution in [0.15, 0.2) is 132 Å². The van der Waals surface area contributed by atoms with Crippen molar-refractivity contribution in [3.8, 4) is 11.4 Å². The largest absolute Gasteiger partial charge is 0.303 e. The number of H-pyrrole nitrogens is 1. The van der Waals surface area contributed by atoms with E-state index in [-0.39, 0.29) is 5.56 Å². The number of nitrogens with one attached hydrogen (secondary N) is 1. The molecule has 32 heavy (non-hydrogen) atoms. The van der Waals surface area contributed by atoms with Crippen molar-refractivity contribution < 1.29 is 0 Å². The van der Waals surface area contributed by atoms with Gasteiger partial charge in [-0.3, -0.25) is 4.79 Å². The lowest BCUT2D eigenvalue weighted by molar-refractivity contribution is 1.15. The Kier molecular flexibility index (Phi) is 5.49. The van der Waals surface area contributed by atoms with Crippen molar-refractivity contribution in [2.24, 2.45) is 0 Å². The highest BCUT2D eigenvalue weighted by atomic mass is 31.2. The van der Waals surface area contributed by atoms with Crippen LogP contribution in [0.1, 0.15) is 0 Å². The zero-order valence-electron chi connectivity index (χ0n) is 17.4. The van der Waals surface area contributed by atoms with Crippen molar-refractivity contribution in [2.75, 3.05) is 0 Å². The Balaban J connectivity index is 1.84. The second kappa shape index (κ2) is 8.74. The minimum Gasteiger partial charge on any atom is -0.303 e. The van der Waals surface area contributed by atoms with Gasteiger partial charge in [-0.25, -0.2) is 4.98 Å². The molecule has 0 radical (unpaired) electrons. The fourth-order valence-corrected chi connectivity index (χ4v) is 8.37. The molecule has 0 unspecified atom stereocenters. The van der Waals surface area contributed by atoms with E-state index in [4.69, 9.17) is 4.98 Å². The lowest BCUT2D eigenvalue weighted by Crippen LogP contribution is -2.45. The summed E-state index contributed by atoms with van der Waals surface area (Å²) in [7, 11) is -2.46. The van der Waals surface area contributed by atoms with Crippen molar-refractivity contribution in [2.45, 2.75) is 0 Å². The van der Waals surface area contributed by atoms with Crippen LogP contribution >= 0.6 is 7.26 Å². The monoisotopic (exact) mass is 433 g/mol. The average Bonchev–Trinajstić information content (AvgIpc) is 2.88. The van der Waals surface area contributed by atoms with Gasteiger partial charge >= 0.3 is 0 Å². The topological polar surface area (TPSA) is 45.8 Å². The van der Waals surface area contributed by atoms with Crippen LogP contribution in [-0.4, -0.2) is 9.97 Å². The summed E-state index contributed by atoms with van der Waals surface area (Å²) in [5, 5.41) is 4.06. The summed E-state index contributed by atoms with van der Waals surface area (Å²) >= 11 is 0. The molecule has 0 bridgehead atoms. The highest BCUT2D eigenvalue weighted by molar-refractivity contribution is 8.01. The molecule has 0 saturated heterocycles. The van der Waals surface area contributed by atoms with Crippen LogP contribution in [0, 0.1) is 0 Å². The first-order valence-corrected chi connectivity index (χ1v) is 12.3. The first-order valence-electron chi connectivity index (χ1n) is 10.5. The molecule has 1 N–H and O–H groups in total. The molecule has 0 aliphatic carbocycles. The molecule has 3 nitrogen and oxygen atoms in total. The van der Waals surface area contributed by atoms with Crippen molar-refractivity contribution in [3.05, 3.63) is 138 Å². The number of aromatic amines is 1. The van der Waals surface area contributed by atoms with E-state index in [0.29, 0.717) is 11.1 Å². The first kappa shape index (κ1) is 20.1. The molecule has 4 heteroatoms. The second-order valence-corrected chi connectivity index (χ2v) is 10.9. The highest BCUT2D eigenvalue weighted by Gasteiger charge is 2.50. The minimum absolute atomic E-state index is 0.108. The number of rotatable bonds is 5. The van der Waals surface area contributed by atoms with Gasteiger partial charge in [-0.05, 0) is 36.4 Å². The summed E-state index contributed by atoms with van der Waals surface area (Å²) in [4.78, 5) is 21.5. The zero-order chi connectivity index (χ0) is 21.8. The molecule has 1 aromatic heterocycles. The molecule has 0 atom stereocenters. The lowest BCUT2D eigenvalue weighted by atomic mass is 10.2. The highest BCUT2D eigenvalue weighted by Crippen LogP contribution is 2.53. The Hall–Kier alpha value is -3.81. The Morgan fingerprint density at radius 2 is 0.969 bits per heavy atom. The van der Waals surface area contributed by atoms with Crippen LogP contribution in [0.4, 0.5) is 0 Å². The van der Waals surface area contributed by atoms with E-state index in [9.17, 15) is 4.79 Å². The molecule has 0 aliphatic heterocycles. The standard InChI is InChI=1S/C28H21N2OP/c31-28-26(21-29-27(30-28)22-13-5-1-6-14-22)32(23-15-7-2-8-16-23,24-17-9-3-10-18-24)25-19-11-4-12-20-25/h1-21H/p+1. The van der Waals surface area contributed by atoms with Crippen molar-refractivity contribution in [1.29, 1.82) is 0 Å². The maximum absolute atomic E-state index is 13.7. The maximum Gasteiger partial charge on any atom is 0.294 e. The van der Waals surface area contributed by atoms with E-state index in [1.165, 1.54) is 0 Å². The molecule has 5 rings (SSSR count). The van der Waals surface area contributed by atoms with Gasteiger partial charge in [0, 0.05) is 5.56 Å². The predicted octanol–water partition coefficient (Wildman–Crippen LogP) is 4.06. The van der Waals surface area contributed by atoms with E-state index in [0.717, 1.165) is 21.5 Å². The summed E-state index contributed by atoms with van der Waals surface area (Å²) in [6.45, 7) is 0.